The van der Waals surface area contributed by atoms with Crippen LogP contribution in [0.5, 0.6) is 5.75 Å². The Kier molecular flexibility index (Phi) is 7.06. The fraction of sp³-hybridized carbons (Fsp3) is 0.158. The maximum Gasteiger partial charge on any atom is 0.422 e. The second kappa shape index (κ2) is 9.27. The van der Waals surface area contributed by atoms with Crippen LogP contribution >= 0.6 is 11.6 Å². The molecular formula is C19H16ClF3N2O3. The zero-order chi connectivity index (χ0) is 20.7. The summed E-state index contributed by atoms with van der Waals surface area (Å²) in [7, 11) is 1.52. The predicted octanol–water partition coefficient (Wildman–Crippen LogP) is 4.29. The second-order valence-corrected chi connectivity index (χ2v) is 6.00. The number of benzene rings is 2. The first-order valence-electron chi connectivity index (χ1n) is 7.98. The molecule has 2 N–H and O–H groups in total. The van der Waals surface area contributed by atoms with E-state index in [2.05, 4.69) is 10.6 Å². The van der Waals surface area contributed by atoms with Crippen molar-refractivity contribution in [2.75, 3.05) is 19.0 Å². The van der Waals surface area contributed by atoms with E-state index in [9.17, 15) is 22.8 Å². The Morgan fingerprint density at radius 3 is 2.43 bits per heavy atom. The van der Waals surface area contributed by atoms with E-state index in [0.717, 1.165) is 0 Å². The summed E-state index contributed by atoms with van der Waals surface area (Å²) < 4.78 is 41.8. The van der Waals surface area contributed by atoms with E-state index < -0.39 is 18.7 Å². The van der Waals surface area contributed by atoms with Crippen molar-refractivity contribution in [3.63, 3.8) is 0 Å². The maximum atomic E-state index is 12.3. The molecule has 0 saturated carbocycles. The lowest BCUT2D eigenvalue weighted by Crippen LogP contribution is -2.20. The van der Waals surface area contributed by atoms with E-state index in [1.54, 1.807) is 24.3 Å². The van der Waals surface area contributed by atoms with E-state index in [1.807, 2.05) is 0 Å². The first-order chi connectivity index (χ1) is 13.2. The van der Waals surface area contributed by atoms with Gasteiger partial charge in [0.05, 0.1) is 5.69 Å². The molecule has 0 fully saturated rings. The number of alkyl halides is 3. The Labute approximate surface area is 164 Å². The third kappa shape index (κ3) is 6.62. The molecule has 2 amide bonds. The molecule has 0 atom stereocenters. The van der Waals surface area contributed by atoms with Crippen LogP contribution in [0.15, 0.2) is 48.5 Å². The van der Waals surface area contributed by atoms with Gasteiger partial charge in [0.25, 0.3) is 5.91 Å². The Morgan fingerprint density at radius 2 is 1.82 bits per heavy atom. The van der Waals surface area contributed by atoms with E-state index >= 15 is 0 Å². The molecule has 0 radical (unpaired) electrons. The van der Waals surface area contributed by atoms with E-state index in [0.29, 0.717) is 11.1 Å². The molecule has 0 aliphatic carbocycles. The number of nitrogens with one attached hydrogen (secondary N) is 2. The summed E-state index contributed by atoms with van der Waals surface area (Å²) in [6.07, 6.45) is -1.82. The van der Waals surface area contributed by atoms with Crippen LogP contribution in [0.4, 0.5) is 18.9 Å². The molecule has 0 unspecified atom stereocenters. The Hall–Kier alpha value is -3.00. The van der Waals surface area contributed by atoms with Gasteiger partial charge >= 0.3 is 6.18 Å². The molecule has 0 aliphatic rings. The standard InChI is InChI=1S/C19H16ClF3N2O3/c1-24-18(27)13-5-2-12(3-6-13)4-9-17(26)25-15-10-14(20)7-8-16(15)28-11-19(21,22)23/h2-10H,11H2,1H3,(H,24,27)(H,25,26)/b9-4+. The number of ether oxygens (including phenoxy) is 1. The van der Waals surface area contributed by atoms with Crippen molar-refractivity contribution in [3.8, 4) is 5.75 Å². The molecule has 2 rings (SSSR count). The lowest BCUT2D eigenvalue weighted by atomic mass is 10.1. The fourth-order valence-corrected chi connectivity index (χ4v) is 2.29. The van der Waals surface area contributed by atoms with Gasteiger partial charge in [-0.3, -0.25) is 9.59 Å². The highest BCUT2D eigenvalue weighted by Crippen LogP contribution is 2.29. The number of hydrogen-bond donors (Lipinski definition) is 2. The van der Waals surface area contributed by atoms with Crippen LogP contribution in [0.3, 0.4) is 0 Å². The number of carbonyl (C=O) groups excluding carboxylic acids is 2. The van der Waals surface area contributed by atoms with Crippen molar-refractivity contribution in [2.45, 2.75) is 6.18 Å². The molecule has 0 aromatic heterocycles. The number of hydrogen-bond acceptors (Lipinski definition) is 3. The third-order valence-corrected chi connectivity index (χ3v) is 3.65. The molecule has 2 aromatic carbocycles. The van der Waals surface area contributed by atoms with Crippen molar-refractivity contribution in [1.82, 2.24) is 5.32 Å². The minimum absolute atomic E-state index is 0.0152. The van der Waals surface area contributed by atoms with Gasteiger partial charge in [0.1, 0.15) is 5.75 Å². The highest BCUT2D eigenvalue weighted by atomic mass is 35.5. The highest BCUT2D eigenvalue weighted by Gasteiger charge is 2.29. The van der Waals surface area contributed by atoms with Gasteiger partial charge in [0.15, 0.2) is 6.61 Å². The monoisotopic (exact) mass is 412 g/mol. The van der Waals surface area contributed by atoms with E-state index in [4.69, 9.17) is 16.3 Å². The van der Waals surface area contributed by atoms with Crippen molar-refractivity contribution in [1.29, 1.82) is 0 Å². The molecule has 0 heterocycles. The zero-order valence-corrected chi connectivity index (χ0v) is 15.4. The van der Waals surface area contributed by atoms with Gasteiger partial charge in [0.2, 0.25) is 5.91 Å². The van der Waals surface area contributed by atoms with Crippen LogP contribution in [0.25, 0.3) is 6.08 Å². The van der Waals surface area contributed by atoms with Gasteiger partial charge in [-0.15, -0.1) is 0 Å². The van der Waals surface area contributed by atoms with Gasteiger partial charge in [-0.2, -0.15) is 13.2 Å². The van der Waals surface area contributed by atoms with Gasteiger partial charge in [-0.05, 0) is 42.0 Å². The topological polar surface area (TPSA) is 67.4 Å². The number of anilines is 1. The molecule has 0 saturated heterocycles. The first-order valence-corrected chi connectivity index (χ1v) is 8.36. The molecular weight excluding hydrogens is 397 g/mol. The lowest BCUT2D eigenvalue weighted by molar-refractivity contribution is -0.153. The van der Waals surface area contributed by atoms with E-state index in [-0.39, 0.29) is 22.4 Å². The Morgan fingerprint density at radius 1 is 1.14 bits per heavy atom. The average Bonchev–Trinajstić information content (AvgIpc) is 2.65. The number of amides is 2. The predicted molar refractivity (Wildman–Crippen MR) is 100 cm³/mol. The number of halogens is 4. The largest absolute Gasteiger partial charge is 0.482 e. The van der Waals surface area contributed by atoms with Crippen LogP contribution in [0, 0.1) is 0 Å². The van der Waals surface area contributed by atoms with Crippen LogP contribution in [-0.2, 0) is 4.79 Å². The summed E-state index contributed by atoms with van der Waals surface area (Å²) in [5, 5.41) is 5.15. The quantitative estimate of drug-likeness (QED) is 0.695. The van der Waals surface area contributed by atoms with Crippen LogP contribution in [0.1, 0.15) is 15.9 Å². The molecule has 0 spiro atoms. The SMILES string of the molecule is CNC(=O)c1ccc(/C=C/C(=O)Nc2cc(Cl)ccc2OCC(F)(F)F)cc1. The number of carbonyl (C=O) groups is 2. The summed E-state index contributed by atoms with van der Waals surface area (Å²) in [5.41, 5.74) is 1.14. The molecule has 28 heavy (non-hydrogen) atoms. The molecule has 9 heteroatoms. The summed E-state index contributed by atoms with van der Waals surface area (Å²) in [5.74, 6) is -0.978. The molecule has 148 valence electrons. The van der Waals surface area contributed by atoms with Gasteiger partial charge in [-0.25, -0.2) is 0 Å². The van der Waals surface area contributed by atoms with Crippen molar-refractivity contribution in [3.05, 3.63) is 64.7 Å². The van der Waals surface area contributed by atoms with Crippen molar-refractivity contribution >= 4 is 35.2 Å². The first kappa shape index (κ1) is 21.3. The van der Waals surface area contributed by atoms with Crippen LogP contribution in [-0.4, -0.2) is 31.6 Å². The number of rotatable bonds is 6. The average molecular weight is 413 g/mol. The van der Waals surface area contributed by atoms with Crippen LogP contribution in [0.2, 0.25) is 5.02 Å². The summed E-state index contributed by atoms with van der Waals surface area (Å²) in [6.45, 7) is -1.50. The molecule has 0 bridgehead atoms. The van der Waals surface area contributed by atoms with Gasteiger partial charge in [-0.1, -0.05) is 23.7 Å². The van der Waals surface area contributed by atoms with Crippen molar-refractivity contribution < 1.29 is 27.5 Å². The Bertz CT molecular complexity index is 881. The molecule has 0 aliphatic heterocycles. The smallest absolute Gasteiger partial charge is 0.422 e. The van der Waals surface area contributed by atoms with Crippen molar-refractivity contribution in [2.24, 2.45) is 0 Å². The fourth-order valence-electron chi connectivity index (χ4n) is 2.12. The van der Waals surface area contributed by atoms with Crippen LogP contribution < -0.4 is 15.4 Å². The Balaban J connectivity index is 2.06. The minimum Gasteiger partial charge on any atom is -0.482 e. The van der Waals surface area contributed by atoms with Gasteiger partial charge < -0.3 is 15.4 Å². The summed E-state index contributed by atoms with van der Waals surface area (Å²) >= 11 is 5.84. The summed E-state index contributed by atoms with van der Waals surface area (Å²) in [6, 6.07) is 10.4. The second-order valence-electron chi connectivity index (χ2n) is 5.57. The molecule has 5 nitrogen and oxygen atoms in total. The normalized spacial score (nSPS) is 11.3. The zero-order valence-electron chi connectivity index (χ0n) is 14.6. The highest BCUT2D eigenvalue weighted by molar-refractivity contribution is 6.31. The maximum absolute atomic E-state index is 12.3. The minimum atomic E-state index is -4.51. The molecule has 2 aromatic rings. The van der Waals surface area contributed by atoms with Gasteiger partial charge in [0, 0.05) is 23.7 Å². The lowest BCUT2D eigenvalue weighted by Gasteiger charge is -2.13. The summed E-state index contributed by atoms with van der Waals surface area (Å²) in [4.78, 5) is 23.6. The third-order valence-electron chi connectivity index (χ3n) is 3.42. The van der Waals surface area contributed by atoms with E-state index in [1.165, 1.54) is 37.4 Å².